The standard InChI is InChI=1S/C22H24N4O4S/c1-25-13-11-23-21(25)20(17-6-4-5-7-19(17)30-2)24-22(27)16-8-9-18-15(14-16)10-12-26(18)31(3,28)29/h4-9,11,13-14,20H,10,12H2,1-3H3,(H,24,27). The average molecular weight is 441 g/mol. The Bertz CT molecular complexity index is 1240. The molecule has 9 heteroatoms. The molecule has 1 amide bonds. The van der Waals surface area contributed by atoms with E-state index in [0.717, 1.165) is 11.1 Å². The van der Waals surface area contributed by atoms with Crippen LogP contribution in [0.1, 0.15) is 33.4 Å². The lowest BCUT2D eigenvalue weighted by atomic mass is 10.0. The molecule has 0 spiro atoms. The van der Waals surface area contributed by atoms with Crippen molar-refractivity contribution in [1.82, 2.24) is 14.9 Å². The SMILES string of the molecule is COc1ccccc1C(NC(=O)c1ccc2c(c1)CCN2S(C)(=O)=O)c1nccn1C. The van der Waals surface area contributed by atoms with Gasteiger partial charge in [0.1, 0.15) is 17.6 Å². The number of carbonyl (C=O) groups excluding carboxylic acids is 1. The van der Waals surface area contributed by atoms with Crippen molar-refractivity contribution in [2.75, 3.05) is 24.2 Å². The highest BCUT2D eigenvalue weighted by Crippen LogP contribution is 2.32. The Hall–Kier alpha value is -3.33. The van der Waals surface area contributed by atoms with Crippen LogP contribution in [0.2, 0.25) is 0 Å². The summed E-state index contributed by atoms with van der Waals surface area (Å²) in [4.78, 5) is 17.6. The molecule has 4 rings (SSSR count). The number of aryl methyl sites for hydroxylation is 1. The zero-order valence-electron chi connectivity index (χ0n) is 17.6. The highest BCUT2D eigenvalue weighted by Gasteiger charge is 2.28. The van der Waals surface area contributed by atoms with Crippen LogP contribution in [0, 0.1) is 0 Å². The molecule has 8 nitrogen and oxygen atoms in total. The van der Waals surface area contributed by atoms with Gasteiger partial charge in [0.15, 0.2) is 0 Å². The quantitative estimate of drug-likeness (QED) is 0.635. The van der Waals surface area contributed by atoms with Gasteiger partial charge in [-0.1, -0.05) is 18.2 Å². The number of hydrogen-bond acceptors (Lipinski definition) is 5. The molecule has 31 heavy (non-hydrogen) atoms. The molecule has 2 aromatic carbocycles. The number of sulfonamides is 1. The Morgan fingerprint density at radius 2 is 2.00 bits per heavy atom. The minimum Gasteiger partial charge on any atom is -0.496 e. The second kappa shape index (κ2) is 8.07. The van der Waals surface area contributed by atoms with Crippen LogP contribution in [-0.2, 0) is 23.5 Å². The topological polar surface area (TPSA) is 93.5 Å². The zero-order valence-corrected chi connectivity index (χ0v) is 18.4. The third kappa shape index (κ3) is 4.00. The third-order valence-corrected chi connectivity index (χ3v) is 6.62. The van der Waals surface area contributed by atoms with Crippen molar-refractivity contribution in [3.05, 3.63) is 77.4 Å². The lowest BCUT2D eigenvalue weighted by molar-refractivity contribution is 0.0940. The average Bonchev–Trinajstić information content (AvgIpc) is 3.37. The number of anilines is 1. The first kappa shape index (κ1) is 20.9. The molecular formula is C22H24N4O4S. The van der Waals surface area contributed by atoms with Crippen molar-refractivity contribution in [2.45, 2.75) is 12.5 Å². The monoisotopic (exact) mass is 440 g/mol. The molecule has 162 valence electrons. The summed E-state index contributed by atoms with van der Waals surface area (Å²) in [5.74, 6) is 1.04. The van der Waals surface area contributed by atoms with E-state index >= 15 is 0 Å². The molecule has 1 N–H and O–H groups in total. The Balaban J connectivity index is 1.67. The summed E-state index contributed by atoms with van der Waals surface area (Å²) >= 11 is 0. The molecule has 0 fully saturated rings. The number of rotatable bonds is 6. The predicted octanol–water partition coefficient (Wildman–Crippen LogP) is 2.27. The van der Waals surface area contributed by atoms with E-state index in [4.69, 9.17) is 4.74 Å². The van der Waals surface area contributed by atoms with Gasteiger partial charge in [-0.05, 0) is 36.2 Å². The number of nitrogens with zero attached hydrogens (tertiary/aromatic N) is 3. The summed E-state index contributed by atoms with van der Waals surface area (Å²) in [6.07, 6.45) is 5.25. The van der Waals surface area contributed by atoms with Gasteiger partial charge in [-0.3, -0.25) is 9.10 Å². The van der Waals surface area contributed by atoms with E-state index in [1.165, 1.54) is 10.6 Å². The summed E-state index contributed by atoms with van der Waals surface area (Å²) in [5.41, 5.74) is 2.72. The maximum atomic E-state index is 13.2. The number of imidazole rings is 1. The maximum Gasteiger partial charge on any atom is 0.252 e. The number of benzene rings is 2. The number of amides is 1. The van der Waals surface area contributed by atoms with Crippen LogP contribution in [0.15, 0.2) is 54.9 Å². The Kier molecular flexibility index (Phi) is 5.45. The number of carbonyl (C=O) groups is 1. The molecular weight excluding hydrogens is 416 g/mol. The van der Waals surface area contributed by atoms with Crippen LogP contribution in [0.4, 0.5) is 5.69 Å². The molecule has 1 unspecified atom stereocenters. The molecule has 0 radical (unpaired) electrons. The molecule has 2 heterocycles. The summed E-state index contributed by atoms with van der Waals surface area (Å²) < 4.78 is 32.7. The maximum absolute atomic E-state index is 13.2. The Morgan fingerprint density at radius 3 is 2.68 bits per heavy atom. The van der Waals surface area contributed by atoms with Crippen LogP contribution in [0.25, 0.3) is 0 Å². The first-order valence-corrected chi connectivity index (χ1v) is 11.7. The molecule has 0 saturated heterocycles. The van der Waals surface area contributed by atoms with E-state index in [-0.39, 0.29) is 5.91 Å². The second-order valence-electron chi connectivity index (χ2n) is 7.47. The third-order valence-electron chi connectivity index (χ3n) is 5.44. The van der Waals surface area contributed by atoms with Gasteiger partial charge < -0.3 is 14.6 Å². The lowest BCUT2D eigenvalue weighted by Gasteiger charge is -2.21. The normalized spacial score (nSPS) is 14.2. The number of hydrogen-bond donors (Lipinski definition) is 1. The molecule has 1 atom stereocenters. The number of aromatic nitrogens is 2. The lowest BCUT2D eigenvalue weighted by Crippen LogP contribution is -2.31. The van der Waals surface area contributed by atoms with Crippen LogP contribution in [0.5, 0.6) is 5.75 Å². The van der Waals surface area contributed by atoms with Gasteiger partial charge in [0.2, 0.25) is 10.0 Å². The van der Waals surface area contributed by atoms with Gasteiger partial charge in [0.05, 0.1) is 19.1 Å². The summed E-state index contributed by atoms with van der Waals surface area (Å²) in [6, 6.07) is 12.1. The molecule has 1 aliphatic heterocycles. The predicted molar refractivity (Wildman–Crippen MR) is 118 cm³/mol. The van der Waals surface area contributed by atoms with Gasteiger partial charge in [0, 0.05) is 37.1 Å². The van der Waals surface area contributed by atoms with Gasteiger partial charge in [0.25, 0.3) is 5.91 Å². The van der Waals surface area contributed by atoms with Crippen LogP contribution in [-0.4, -0.2) is 43.8 Å². The first-order valence-electron chi connectivity index (χ1n) is 9.81. The summed E-state index contributed by atoms with van der Waals surface area (Å²) in [7, 11) is 0.116. The van der Waals surface area contributed by atoms with Gasteiger partial charge in [-0.25, -0.2) is 13.4 Å². The smallest absolute Gasteiger partial charge is 0.252 e. The van der Waals surface area contributed by atoms with Gasteiger partial charge in [-0.2, -0.15) is 0 Å². The summed E-state index contributed by atoms with van der Waals surface area (Å²) in [6.45, 7) is 0.385. The fourth-order valence-electron chi connectivity index (χ4n) is 3.91. The van der Waals surface area contributed by atoms with E-state index in [0.29, 0.717) is 35.8 Å². The molecule has 0 bridgehead atoms. The molecule has 0 saturated carbocycles. The molecule has 1 aromatic heterocycles. The van der Waals surface area contributed by atoms with E-state index in [9.17, 15) is 13.2 Å². The van der Waals surface area contributed by atoms with E-state index in [1.807, 2.05) is 42.1 Å². The van der Waals surface area contributed by atoms with Crippen molar-refractivity contribution >= 4 is 21.6 Å². The zero-order chi connectivity index (χ0) is 22.2. The van der Waals surface area contributed by atoms with Crippen LogP contribution < -0.4 is 14.4 Å². The fraction of sp³-hybridized carbons (Fsp3) is 0.273. The minimum atomic E-state index is -3.34. The van der Waals surface area contributed by atoms with Crippen molar-refractivity contribution in [1.29, 1.82) is 0 Å². The number of para-hydroxylation sites is 1. The number of ether oxygens (including phenoxy) is 1. The minimum absolute atomic E-state index is 0.278. The highest BCUT2D eigenvalue weighted by molar-refractivity contribution is 7.92. The van der Waals surface area contributed by atoms with Gasteiger partial charge >= 0.3 is 0 Å². The Morgan fingerprint density at radius 1 is 1.23 bits per heavy atom. The Labute approximate surface area is 181 Å². The van der Waals surface area contributed by atoms with E-state index in [2.05, 4.69) is 10.3 Å². The van der Waals surface area contributed by atoms with Crippen molar-refractivity contribution in [3.63, 3.8) is 0 Å². The summed E-state index contributed by atoms with van der Waals surface area (Å²) in [5, 5.41) is 3.07. The van der Waals surface area contributed by atoms with E-state index in [1.54, 1.807) is 31.5 Å². The molecule has 1 aliphatic rings. The van der Waals surface area contributed by atoms with Crippen molar-refractivity contribution in [2.24, 2.45) is 7.05 Å². The number of nitrogens with one attached hydrogen (secondary N) is 1. The fourth-order valence-corrected chi connectivity index (χ4v) is 4.87. The van der Waals surface area contributed by atoms with Crippen molar-refractivity contribution in [3.8, 4) is 5.75 Å². The molecule has 3 aromatic rings. The number of methoxy groups -OCH3 is 1. The second-order valence-corrected chi connectivity index (χ2v) is 9.38. The van der Waals surface area contributed by atoms with Crippen molar-refractivity contribution < 1.29 is 17.9 Å². The highest BCUT2D eigenvalue weighted by atomic mass is 32.2. The largest absolute Gasteiger partial charge is 0.496 e. The van der Waals surface area contributed by atoms with Crippen LogP contribution in [0.3, 0.4) is 0 Å². The number of fused-ring (bicyclic) bond motifs is 1. The first-order chi connectivity index (χ1) is 14.8. The molecule has 0 aliphatic carbocycles. The van der Waals surface area contributed by atoms with Gasteiger partial charge in [-0.15, -0.1) is 0 Å². The van der Waals surface area contributed by atoms with Crippen LogP contribution >= 0.6 is 0 Å². The van der Waals surface area contributed by atoms with E-state index < -0.39 is 16.1 Å².